The Morgan fingerprint density at radius 2 is 1.72 bits per heavy atom. The van der Waals surface area contributed by atoms with Crippen molar-refractivity contribution >= 4 is 17.8 Å². The Hall–Kier alpha value is -2.41. The summed E-state index contributed by atoms with van der Waals surface area (Å²) in [5.74, 6) is -0.430. The van der Waals surface area contributed by atoms with Crippen LogP contribution < -0.4 is 5.32 Å². The van der Waals surface area contributed by atoms with E-state index in [0.29, 0.717) is 32.1 Å². The first kappa shape index (κ1) is 19.9. The number of carbonyl (C=O) groups is 3. The third-order valence-corrected chi connectivity index (χ3v) is 6.78. The number of hydrogen-bond donors (Lipinski definition) is 2. The molecule has 1 aromatic carbocycles. The van der Waals surface area contributed by atoms with Gasteiger partial charge in [-0.1, -0.05) is 31.4 Å². The number of hydrogen-bond acceptors (Lipinski definition) is 4. The molecule has 156 valence electrons. The molecule has 0 radical (unpaired) electrons. The van der Waals surface area contributed by atoms with Crippen LogP contribution in [-0.4, -0.2) is 58.0 Å². The van der Waals surface area contributed by atoms with Gasteiger partial charge >= 0.3 is 5.97 Å². The Morgan fingerprint density at radius 1 is 1.07 bits per heavy atom. The molecular weight excluding hydrogens is 370 g/mol. The molecule has 0 unspecified atom stereocenters. The number of carbonyl (C=O) groups excluding carboxylic acids is 2. The highest BCUT2D eigenvalue weighted by atomic mass is 16.4. The van der Waals surface area contributed by atoms with Crippen LogP contribution in [0.3, 0.4) is 0 Å². The van der Waals surface area contributed by atoms with Crippen molar-refractivity contribution in [2.24, 2.45) is 5.92 Å². The molecule has 0 bridgehead atoms. The van der Waals surface area contributed by atoms with Crippen LogP contribution in [0.1, 0.15) is 60.9 Å². The van der Waals surface area contributed by atoms with Gasteiger partial charge in [0.2, 0.25) is 11.8 Å². The van der Waals surface area contributed by atoms with Gasteiger partial charge in [0.05, 0.1) is 17.8 Å². The third kappa shape index (κ3) is 4.01. The van der Waals surface area contributed by atoms with Gasteiger partial charge in [-0.2, -0.15) is 0 Å². The van der Waals surface area contributed by atoms with Crippen molar-refractivity contribution in [3.05, 3.63) is 35.4 Å². The van der Waals surface area contributed by atoms with Crippen LogP contribution in [0.25, 0.3) is 0 Å². The van der Waals surface area contributed by atoms with Crippen LogP contribution in [0.5, 0.6) is 0 Å². The molecule has 2 amide bonds. The molecule has 29 heavy (non-hydrogen) atoms. The highest BCUT2D eigenvalue weighted by molar-refractivity contribution is 5.87. The quantitative estimate of drug-likeness (QED) is 0.810. The van der Waals surface area contributed by atoms with Crippen molar-refractivity contribution in [2.75, 3.05) is 19.6 Å². The maximum atomic E-state index is 12.9. The molecule has 1 spiro atoms. The lowest BCUT2D eigenvalue weighted by Gasteiger charge is -2.45. The maximum absolute atomic E-state index is 12.9. The second-order valence-corrected chi connectivity index (χ2v) is 8.53. The van der Waals surface area contributed by atoms with Gasteiger partial charge in [0.25, 0.3) is 0 Å². The predicted molar refractivity (Wildman–Crippen MR) is 107 cm³/mol. The van der Waals surface area contributed by atoms with Crippen molar-refractivity contribution in [3.63, 3.8) is 0 Å². The molecule has 2 saturated heterocycles. The van der Waals surface area contributed by atoms with E-state index in [4.69, 9.17) is 5.11 Å². The number of carboxylic acids is 1. The molecule has 1 aliphatic carbocycles. The number of likely N-dealkylation sites (tertiary alicyclic amines) is 1. The van der Waals surface area contributed by atoms with Crippen LogP contribution >= 0.6 is 0 Å². The lowest BCUT2D eigenvalue weighted by molar-refractivity contribution is -0.141. The zero-order valence-electron chi connectivity index (χ0n) is 16.7. The monoisotopic (exact) mass is 399 g/mol. The average molecular weight is 399 g/mol. The van der Waals surface area contributed by atoms with E-state index in [1.807, 2.05) is 9.80 Å². The number of aromatic carboxylic acids is 1. The second-order valence-electron chi connectivity index (χ2n) is 8.53. The van der Waals surface area contributed by atoms with Crippen molar-refractivity contribution in [3.8, 4) is 0 Å². The number of benzene rings is 1. The number of piperidine rings is 1. The van der Waals surface area contributed by atoms with E-state index in [-0.39, 0.29) is 17.4 Å². The van der Waals surface area contributed by atoms with E-state index in [1.165, 1.54) is 6.42 Å². The van der Waals surface area contributed by atoms with Gasteiger partial charge in [0.1, 0.15) is 0 Å². The second kappa shape index (κ2) is 8.14. The van der Waals surface area contributed by atoms with Crippen LogP contribution in [-0.2, 0) is 16.1 Å². The van der Waals surface area contributed by atoms with Gasteiger partial charge < -0.3 is 14.9 Å². The topological polar surface area (TPSA) is 89.9 Å². The summed E-state index contributed by atoms with van der Waals surface area (Å²) in [5.41, 5.74) is 0.738. The average Bonchev–Trinajstić information content (AvgIpc) is 3.04. The summed E-state index contributed by atoms with van der Waals surface area (Å²) in [5, 5.41) is 12.5. The molecule has 3 fully saturated rings. The van der Waals surface area contributed by atoms with E-state index < -0.39 is 11.6 Å². The Morgan fingerprint density at radius 3 is 2.34 bits per heavy atom. The smallest absolute Gasteiger partial charge is 0.335 e. The van der Waals surface area contributed by atoms with Crippen LogP contribution in [0, 0.1) is 5.92 Å². The Kier molecular flexibility index (Phi) is 5.58. The lowest BCUT2D eigenvalue weighted by atomic mass is 9.87. The Balaban J connectivity index is 1.41. The van der Waals surface area contributed by atoms with Gasteiger partial charge in [-0.25, -0.2) is 4.79 Å². The van der Waals surface area contributed by atoms with E-state index in [2.05, 4.69) is 5.32 Å². The fraction of sp³-hybridized carbons (Fsp3) is 0.591. The summed E-state index contributed by atoms with van der Waals surface area (Å²) in [6.45, 7) is 2.10. The minimum absolute atomic E-state index is 0.0550. The summed E-state index contributed by atoms with van der Waals surface area (Å²) in [6, 6.07) is 6.68. The van der Waals surface area contributed by atoms with Gasteiger partial charge in [0, 0.05) is 38.4 Å². The fourth-order valence-electron chi connectivity index (χ4n) is 5.00. The molecule has 1 saturated carbocycles. The molecule has 2 aliphatic heterocycles. The first-order valence-electron chi connectivity index (χ1n) is 10.6. The van der Waals surface area contributed by atoms with Crippen molar-refractivity contribution in [1.29, 1.82) is 0 Å². The molecular formula is C22H29N3O4. The highest BCUT2D eigenvalue weighted by Gasteiger charge is 2.47. The summed E-state index contributed by atoms with van der Waals surface area (Å²) in [6.07, 6.45) is 7.01. The first-order chi connectivity index (χ1) is 14.0. The van der Waals surface area contributed by atoms with Crippen LogP contribution in [0.15, 0.2) is 24.3 Å². The highest BCUT2D eigenvalue weighted by Crippen LogP contribution is 2.33. The molecule has 4 rings (SSSR count). The zero-order chi connectivity index (χ0) is 20.4. The van der Waals surface area contributed by atoms with Gasteiger partial charge in [-0.05, 0) is 30.5 Å². The molecule has 2 N–H and O–H groups in total. The third-order valence-electron chi connectivity index (χ3n) is 6.78. The largest absolute Gasteiger partial charge is 0.478 e. The van der Waals surface area contributed by atoms with E-state index in [0.717, 1.165) is 44.1 Å². The molecule has 2 heterocycles. The van der Waals surface area contributed by atoms with E-state index in [9.17, 15) is 14.4 Å². The number of carboxylic acid groups (broad SMARTS) is 1. The van der Waals surface area contributed by atoms with E-state index >= 15 is 0 Å². The lowest BCUT2D eigenvalue weighted by Crippen LogP contribution is -2.59. The van der Waals surface area contributed by atoms with Crippen LogP contribution in [0.4, 0.5) is 0 Å². The van der Waals surface area contributed by atoms with Gasteiger partial charge in [0.15, 0.2) is 0 Å². The first-order valence-corrected chi connectivity index (χ1v) is 10.6. The summed E-state index contributed by atoms with van der Waals surface area (Å²) in [4.78, 5) is 40.4. The Bertz CT molecular complexity index is 778. The summed E-state index contributed by atoms with van der Waals surface area (Å²) in [7, 11) is 0. The standard InChI is InChI=1S/C22H29N3O4/c26-19-14-23-22(25(19)15-16-6-8-18(9-7-16)21(28)29)10-12-24(13-11-22)20(27)17-4-2-1-3-5-17/h6-9,17,23H,1-5,10-15H2,(H,28,29). The minimum Gasteiger partial charge on any atom is -0.478 e. The van der Waals surface area contributed by atoms with Crippen LogP contribution in [0.2, 0.25) is 0 Å². The number of nitrogens with one attached hydrogen (secondary N) is 1. The van der Waals surface area contributed by atoms with Crippen molar-refractivity contribution < 1.29 is 19.5 Å². The summed E-state index contributed by atoms with van der Waals surface area (Å²) >= 11 is 0. The normalized spacial score (nSPS) is 22.3. The number of amides is 2. The SMILES string of the molecule is O=C(O)c1ccc(CN2C(=O)CNC23CCN(C(=O)C2CCCCC2)CC3)cc1. The fourth-order valence-corrected chi connectivity index (χ4v) is 5.00. The molecule has 0 aromatic heterocycles. The molecule has 7 nitrogen and oxygen atoms in total. The Labute approximate surface area is 171 Å². The van der Waals surface area contributed by atoms with Crippen molar-refractivity contribution in [2.45, 2.75) is 57.2 Å². The zero-order valence-corrected chi connectivity index (χ0v) is 16.7. The molecule has 3 aliphatic rings. The molecule has 0 atom stereocenters. The van der Waals surface area contributed by atoms with Gasteiger partial charge in [-0.15, -0.1) is 0 Å². The van der Waals surface area contributed by atoms with E-state index in [1.54, 1.807) is 24.3 Å². The predicted octanol–water partition coefficient (Wildman–Crippen LogP) is 2.22. The molecule has 1 aromatic rings. The number of nitrogens with zero attached hydrogens (tertiary/aromatic N) is 2. The molecule has 7 heteroatoms. The van der Waals surface area contributed by atoms with Crippen molar-refractivity contribution in [1.82, 2.24) is 15.1 Å². The summed E-state index contributed by atoms with van der Waals surface area (Å²) < 4.78 is 0. The minimum atomic E-state index is -0.957. The maximum Gasteiger partial charge on any atom is 0.335 e. The van der Waals surface area contributed by atoms with Gasteiger partial charge in [-0.3, -0.25) is 14.9 Å². The number of rotatable bonds is 4.